The monoisotopic (exact) mass is 386 g/mol. The molecule has 6 nitrogen and oxygen atoms in total. The second-order valence-electron chi connectivity index (χ2n) is 4.50. The van der Waals surface area contributed by atoms with Crippen molar-refractivity contribution in [1.82, 2.24) is 14.9 Å². The van der Waals surface area contributed by atoms with Crippen molar-refractivity contribution in [2.45, 2.75) is 27.3 Å². The summed E-state index contributed by atoms with van der Waals surface area (Å²) in [4.78, 5) is 0. The summed E-state index contributed by atoms with van der Waals surface area (Å²) in [6.07, 6.45) is 0. The van der Waals surface area contributed by atoms with Gasteiger partial charge in [-0.1, -0.05) is 15.9 Å². The Morgan fingerprint density at radius 2 is 1.91 bits per heavy atom. The molecular formula is C14H19BrN4O2S. The van der Waals surface area contributed by atoms with Crippen LogP contribution in [0.3, 0.4) is 0 Å². The van der Waals surface area contributed by atoms with Gasteiger partial charge in [-0.05, 0) is 50.7 Å². The molecule has 0 spiro atoms. The standard InChI is InChI=1S/C14H19BrN4O2S/c1-4-20-12-6-10(11(15)7-13(12)21-5-2)8-16-19-9(3)17-18-14(19)22/h6-7,16H,4-5,8H2,1-3H3,(H,18,22). The molecule has 1 heterocycles. The minimum atomic E-state index is 0.532. The zero-order valence-corrected chi connectivity index (χ0v) is 15.2. The van der Waals surface area contributed by atoms with E-state index in [1.165, 1.54) is 0 Å². The molecule has 0 atom stereocenters. The first kappa shape index (κ1) is 16.8. The lowest BCUT2D eigenvalue weighted by molar-refractivity contribution is 0.287. The number of aryl methyl sites for hydroxylation is 1. The zero-order chi connectivity index (χ0) is 16.1. The van der Waals surface area contributed by atoms with Crippen LogP contribution in [0.15, 0.2) is 16.6 Å². The number of hydrogen-bond donors (Lipinski definition) is 2. The van der Waals surface area contributed by atoms with Gasteiger partial charge in [-0.25, -0.2) is 4.68 Å². The molecule has 0 aliphatic heterocycles. The van der Waals surface area contributed by atoms with Crippen LogP contribution in [0.4, 0.5) is 0 Å². The summed E-state index contributed by atoms with van der Waals surface area (Å²) in [5.41, 5.74) is 4.27. The first-order valence-corrected chi connectivity index (χ1v) is 8.22. The maximum Gasteiger partial charge on any atom is 0.214 e. The van der Waals surface area contributed by atoms with Crippen molar-refractivity contribution < 1.29 is 9.47 Å². The SMILES string of the molecule is CCOc1cc(Br)c(CNn2c(C)n[nH]c2=S)cc1OCC. The largest absolute Gasteiger partial charge is 0.490 e. The Bertz CT molecular complexity index is 699. The number of nitrogens with zero attached hydrogens (tertiary/aromatic N) is 2. The highest BCUT2D eigenvalue weighted by Gasteiger charge is 2.11. The summed E-state index contributed by atoms with van der Waals surface area (Å²) < 4.78 is 14.5. The third-order valence-corrected chi connectivity index (χ3v) is 3.99. The molecule has 0 bridgehead atoms. The summed E-state index contributed by atoms with van der Waals surface area (Å²) in [5, 5.41) is 6.81. The molecule has 1 aromatic heterocycles. The summed E-state index contributed by atoms with van der Waals surface area (Å²) in [7, 11) is 0. The van der Waals surface area contributed by atoms with E-state index in [0.717, 1.165) is 27.4 Å². The van der Waals surface area contributed by atoms with Crippen LogP contribution >= 0.6 is 28.1 Å². The molecule has 2 N–H and O–H groups in total. The van der Waals surface area contributed by atoms with Crippen LogP contribution < -0.4 is 14.9 Å². The molecule has 120 valence electrons. The van der Waals surface area contributed by atoms with Crippen LogP contribution in [0.2, 0.25) is 0 Å². The van der Waals surface area contributed by atoms with Gasteiger partial charge in [0.15, 0.2) is 11.5 Å². The first-order chi connectivity index (χ1) is 10.6. The van der Waals surface area contributed by atoms with Crippen molar-refractivity contribution in [1.29, 1.82) is 0 Å². The minimum Gasteiger partial charge on any atom is -0.490 e. The summed E-state index contributed by atoms with van der Waals surface area (Å²) in [6.45, 7) is 7.51. The number of aromatic amines is 1. The van der Waals surface area contributed by atoms with Crippen molar-refractivity contribution in [2.24, 2.45) is 0 Å². The number of hydrogen-bond acceptors (Lipinski definition) is 5. The van der Waals surface area contributed by atoms with E-state index in [9.17, 15) is 0 Å². The van der Waals surface area contributed by atoms with Gasteiger partial charge in [-0.2, -0.15) is 5.10 Å². The highest BCUT2D eigenvalue weighted by molar-refractivity contribution is 9.10. The minimum absolute atomic E-state index is 0.532. The molecule has 8 heteroatoms. The van der Waals surface area contributed by atoms with Gasteiger partial charge in [0.25, 0.3) is 0 Å². The van der Waals surface area contributed by atoms with Gasteiger partial charge in [0.05, 0.1) is 19.8 Å². The molecule has 0 unspecified atom stereocenters. The number of ether oxygens (including phenoxy) is 2. The lowest BCUT2D eigenvalue weighted by atomic mass is 10.2. The third-order valence-electron chi connectivity index (χ3n) is 2.98. The van der Waals surface area contributed by atoms with Crippen LogP contribution in [-0.2, 0) is 6.54 Å². The molecule has 1 aromatic carbocycles. The molecule has 0 amide bonds. The molecule has 0 fully saturated rings. The molecule has 0 saturated heterocycles. The van der Waals surface area contributed by atoms with E-state index in [1.807, 2.05) is 32.9 Å². The maximum atomic E-state index is 5.65. The smallest absolute Gasteiger partial charge is 0.214 e. The Balaban J connectivity index is 2.23. The quantitative estimate of drug-likeness (QED) is 0.712. The fraction of sp³-hybridized carbons (Fsp3) is 0.429. The second-order valence-corrected chi connectivity index (χ2v) is 5.74. The van der Waals surface area contributed by atoms with Crippen LogP contribution in [-0.4, -0.2) is 28.1 Å². The molecule has 2 aromatic rings. The normalized spacial score (nSPS) is 10.5. The van der Waals surface area contributed by atoms with Gasteiger partial charge >= 0.3 is 0 Å². The third kappa shape index (κ3) is 3.80. The molecule has 0 radical (unpaired) electrons. The van der Waals surface area contributed by atoms with Crippen molar-refractivity contribution in [3.63, 3.8) is 0 Å². The van der Waals surface area contributed by atoms with Crippen LogP contribution in [0, 0.1) is 11.7 Å². The number of benzene rings is 1. The molecule has 0 aliphatic rings. The van der Waals surface area contributed by atoms with Gasteiger partial charge in [0, 0.05) is 4.47 Å². The van der Waals surface area contributed by atoms with Crippen molar-refractivity contribution >= 4 is 28.1 Å². The predicted octanol–water partition coefficient (Wildman–Crippen LogP) is 3.55. The number of nitrogens with one attached hydrogen (secondary N) is 2. The second kappa shape index (κ2) is 7.64. The number of halogens is 1. The summed E-state index contributed by atoms with van der Waals surface area (Å²) >= 11 is 8.74. The van der Waals surface area contributed by atoms with Crippen LogP contribution in [0.5, 0.6) is 11.5 Å². The van der Waals surface area contributed by atoms with Gasteiger partial charge in [-0.3, -0.25) is 5.10 Å². The van der Waals surface area contributed by atoms with Crippen molar-refractivity contribution in [3.05, 3.63) is 32.8 Å². The molecule has 2 rings (SSSR count). The van der Waals surface area contributed by atoms with Gasteiger partial charge in [0.1, 0.15) is 5.82 Å². The van der Waals surface area contributed by atoms with E-state index in [4.69, 9.17) is 21.7 Å². The van der Waals surface area contributed by atoms with E-state index < -0.39 is 0 Å². The molecule has 22 heavy (non-hydrogen) atoms. The van der Waals surface area contributed by atoms with E-state index in [2.05, 4.69) is 31.6 Å². The van der Waals surface area contributed by atoms with E-state index in [1.54, 1.807) is 4.68 Å². The Labute approximate surface area is 142 Å². The highest BCUT2D eigenvalue weighted by Crippen LogP contribution is 2.34. The van der Waals surface area contributed by atoms with Crippen LogP contribution in [0.1, 0.15) is 25.2 Å². The van der Waals surface area contributed by atoms with Gasteiger partial charge in [-0.15, -0.1) is 0 Å². The molecule has 0 aliphatic carbocycles. The number of rotatable bonds is 7. The Morgan fingerprint density at radius 1 is 1.27 bits per heavy atom. The van der Waals surface area contributed by atoms with Crippen molar-refractivity contribution in [2.75, 3.05) is 18.6 Å². The maximum absolute atomic E-state index is 5.65. The average molecular weight is 387 g/mol. The van der Waals surface area contributed by atoms with Crippen LogP contribution in [0.25, 0.3) is 0 Å². The molecule has 0 saturated carbocycles. The predicted molar refractivity (Wildman–Crippen MR) is 91.7 cm³/mol. The Kier molecular flexibility index (Phi) is 5.84. The summed E-state index contributed by atoms with van der Waals surface area (Å²) in [5.74, 6) is 2.24. The topological polar surface area (TPSA) is 64.1 Å². The zero-order valence-electron chi connectivity index (χ0n) is 12.8. The first-order valence-electron chi connectivity index (χ1n) is 7.02. The van der Waals surface area contributed by atoms with Gasteiger partial charge in [0.2, 0.25) is 4.77 Å². The van der Waals surface area contributed by atoms with E-state index in [0.29, 0.717) is 24.5 Å². The fourth-order valence-electron chi connectivity index (χ4n) is 1.98. The summed E-state index contributed by atoms with van der Waals surface area (Å²) in [6, 6.07) is 3.89. The molecular weight excluding hydrogens is 368 g/mol. The average Bonchev–Trinajstić information content (AvgIpc) is 2.80. The highest BCUT2D eigenvalue weighted by atomic mass is 79.9. The lowest BCUT2D eigenvalue weighted by Crippen LogP contribution is -2.16. The Hall–Kier alpha value is -1.54. The number of aromatic nitrogens is 3. The lowest BCUT2D eigenvalue weighted by Gasteiger charge is -2.15. The van der Waals surface area contributed by atoms with E-state index >= 15 is 0 Å². The van der Waals surface area contributed by atoms with Crippen molar-refractivity contribution in [3.8, 4) is 11.5 Å². The Morgan fingerprint density at radius 3 is 2.45 bits per heavy atom. The van der Waals surface area contributed by atoms with Gasteiger partial charge < -0.3 is 14.9 Å². The van der Waals surface area contributed by atoms with E-state index in [-0.39, 0.29) is 0 Å². The number of H-pyrrole nitrogens is 1. The fourth-order valence-corrected chi connectivity index (χ4v) is 2.68.